The van der Waals surface area contributed by atoms with Crippen molar-refractivity contribution in [2.45, 2.75) is 31.7 Å². The molecule has 3 nitrogen and oxygen atoms in total. The molecular weight excluding hydrogens is 325 g/mol. The van der Waals surface area contributed by atoms with Gasteiger partial charge in [0.1, 0.15) is 5.82 Å². The number of anilines is 1. The first kappa shape index (κ1) is 17.1. The summed E-state index contributed by atoms with van der Waals surface area (Å²) in [4.78, 5) is 5.07. The molecule has 0 amide bonds. The highest BCUT2D eigenvalue weighted by molar-refractivity contribution is 5.61. The zero-order valence-electron chi connectivity index (χ0n) is 15.0. The van der Waals surface area contributed by atoms with E-state index in [1.54, 1.807) is 12.1 Å². The van der Waals surface area contributed by atoms with E-state index in [0.717, 1.165) is 44.6 Å². The molecule has 0 bridgehead atoms. The van der Waals surface area contributed by atoms with Crippen molar-refractivity contribution in [1.82, 2.24) is 4.90 Å². The number of hydrogen-bond donors (Lipinski definition) is 0. The van der Waals surface area contributed by atoms with Gasteiger partial charge in [-0.2, -0.15) is 5.26 Å². The smallest absolute Gasteiger partial charge is 0.123 e. The van der Waals surface area contributed by atoms with E-state index in [-0.39, 0.29) is 5.82 Å². The molecule has 134 valence electrons. The molecule has 1 fully saturated rings. The van der Waals surface area contributed by atoms with Crippen LogP contribution in [0.3, 0.4) is 0 Å². The summed E-state index contributed by atoms with van der Waals surface area (Å²) in [5, 5.41) is 9.07. The number of fused-ring (bicyclic) bond motifs is 1. The molecular formula is C22H24FN3. The molecule has 0 atom stereocenters. The molecule has 0 aliphatic carbocycles. The highest BCUT2D eigenvalue weighted by Crippen LogP contribution is 2.33. The normalized spacial score (nSPS) is 17.9. The van der Waals surface area contributed by atoms with Gasteiger partial charge in [-0.1, -0.05) is 12.1 Å². The van der Waals surface area contributed by atoms with Crippen LogP contribution in [0.5, 0.6) is 0 Å². The first-order chi connectivity index (χ1) is 12.7. The molecule has 2 aromatic rings. The largest absolute Gasteiger partial charge is 0.368 e. The number of hydrogen-bond acceptors (Lipinski definition) is 3. The Morgan fingerprint density at radius 1 is 1.04 bits per heavy atom. The van der Waals surface area contributed by atoms with Crippen molar-refractivity contribution in [1.29, 1.82) is 5.26 Å². The van der Waals surface area contributed by atoms with Crippen LogP contribution in [-0.4, -0.2) is 37.1 Å². The number of benzene rings is 2. The van der Waals surface area contributed by atoms with Crippen LogP contribution in [0.15, 0.2) is 42.5 Å². The number of nitrogens with zero attached hydrogens (tertiary/aromatic N) is 3. The fourth-order valence-corrected chi connectivity index (χ4v) is 4.27. The average molecular weight is 349 g/mol. The van der Waals surface area contributed by atoms with Crippen molar-refractivity contribution in [3.63, 3.8) is 0 Å². The zero-order valence-corrected chi connectivity index (χ0v) is 15.0. The van der Waals surface area contributed by atoms with E-state index >= 15 is 0 Å². The van der Waals surface area contributed by atoms with E-state index in [1.165, 1.54) is 29.7 Å². The molecule has 0 spiro atoms. The van der Waals surface area contributed by atoms with Gasteiger partial charge in [0.05, 0.1) is 11.6 Å². The summed E-state index contributed by atoms with van der Waals surface area (Å²) < 4.78 is 13.0. The summed E-state index contributed by atoms with van der Waals surface area (Å²) in [6, 6.07) is 15.8. The predicted molar refractivity (Wildman–Crippen MR) is 102 cm³/mol. The van der Waals surface area contributed by atoms with Crippen molar-refractivity contribution >= 4 is 5.69 Å². The quantitative estimate of drug-likeness (QED) is 0.842. The number of halogens is 1. The van der Waals surface area contributed by atoms with Gasteiger partial charge in [-0.15, -0.1) is 0 Å². The third kappa shape index (κ3) is 3.59. The Morgan fingerprint density at radius 3 is 2.54 bits per heavy atom. The van der Waals surface area contributed by atoms with Gasteiger partial charge >= 0.3 is 0 Å². The second kappa shape index (κ2) is 7.47. The Bertz CT molecular complexity index is 801. The molecule has 2 heterocycles. The van der Waals surface area contributed by atoms with E-state index in [9.17, 15) is 4.39 Å². The minimum absolute atomic E-state index is 0.164. The van der Waals surface area contributed by atoms with Crippen LogP contribution in [0.1, 0.15) is 29.5 Å². The Hall–Kier alpha value is -2.38. The van der Waals surface area contributed by atoms with Crippen LogP contribution in [0.2, 0.25) is 0 Å². The molecule has 0 N–H and O–H groups in total. The number of likely N-dealkylation sites (tertiary alicyclic amines) is 1. The third-order valence-electron chi connectivity index (χ3n) is 5.77. The van der Waals surface area contributed by atoms with E-state index in [0.29, 0.717) is 6.04 Å². The SMILES string of the molecule is N#Cc1ccc2c(c1)CCN2C1CCN(CCc2ccc(F)cc2)CC1. The Kier molecular flexibility index (Phi) is 4.90. The first-order valence-corrected chi connectivity index (χ1v) is 9.49. The monoisotopic (exact) mass is 349 g/mol. The van der Waals surface area contributed by atoms with Crippen LogP contribution >= 0.6 is 0 Å². The van der Waals surface area contributed by atoms with Crippen molar-refractivity contribution in [2.75, 3.05) is 31.1 Å². The fourth-order valence-electron chi connectivity index (χ4n) is 4.27. The second-order valence-electron chi connectivity index (χ2n) is 7.35. The molecule has 0 radical (unpaired) electrons. The van der Waals surface area contributed by atoms with E-state index in [4.69, 9.17) is 5.26 Å². The lowest BCUT2D eigenvalue weighted by Gasteiger charge is -2.38. The molecule has 26 heavy (non-hydrogen) atoms. The van der Waals surface area contributed by atoms with Crippen LogP contribution in [-0.2, 0) is 12.8 Å². The van der Waals surface area contributed by atoms with E-state index < -0.39 is 0 Å². The van der Waals surface area contributed by atoms with Crippen LogP contribution in [0.25, 0.3) is 0 Å². The summed E-state index contributed by atoms with van der Waals surface area (Å²) in [5.74, 6) is -0.164. The number of piperidine rings is 1. The highest BCUT2D eigenvalue weighted by atomic mass is 19.1. The standard InChI is InChI=1S/C22H24FN3/c23-20-4-1-17(2-5-20)7-11-25-12-9-21(10-13-25)26-14-8-19-15-18(16-24)3-6-22(19)26/h1-6,15,21H,7-14H2. The van der Waals surface area contributed by atoms with Gasteiger partial charge in [-0.3, -0.25) is 0 Å². The lowest BCUT2D eigenvalue weighted by atomic mass is 10.0. The maximum Gasteiger partial charge on any atom is 0.123 e. The maximum absolute atomic E-state index is 13.0. The van der Waals surface area contributed by atoms with Gasteiger partial charge in [0.25, 0.3) is 0 Å². The topological polar surface area (TPSA) is 30.3 Å². The fraction of sp³-hybridized carbons (Fsp3) is 0.409. The number of rotatable bonds is 4. The van der Waals surface area contributed by atoms with Crippen LogP contribution < -0.4 is 4.90 Å². The van der Waals surface area contributed by atoms with E-state index in [1.807, 2.05) is 24.3 Å². The van der Waals surface area contributed by atoms with Crippen molar-refractivity contribution in [2.24, 2.45) is 0 Å². The average Bonchev–Trinajstić information content (AvgIpc) is 3.11. The summed E-state index contributed by atoms with van der Waals surface area (Å²) in [7, 11) is 0. The van der Waals surface area contributed by atoms with Crippen LogP contribution in [0.4, 0.5) is 10.1 Å². The second-order valence-corrected chi connectivity index (χ2v) is 7.35. The van der Waals surface area contributed by atoms with Crippen molar-refractivity contribution < 1.29 is 4.39 Å². The molecule has 2 aromatic carbocycles. The molecule has 4 rings (SSSR count). The summed E-state index contributed by atoms with van der Waals surface area (Å²) in [6.45, 7) is 4.35. The Balaban J connectivity index is 1.31. The van der Waals surface area contributed by atoms with Gasteiger partial charge in [-0.25, -0.2) is 4.39 Å². The number of nitriles is 1. The van der Waals surface area contributed by atoms with Crippen LogP contribution in [0, 0.1) is 17.1 Å². The van der Waals surface area contributed by atoms with E-state index in [2.05, 4.69) is 21.9 Å². The van der Waals surface area contributed by atoms with Gasteiger partial charge in [0.15, 0.2) is 0 Å². The summed E-state index contributed by atoms with van der Waals surface area (Å²) >= 11 is 0. The summed E-state index contributed by atoms with van der Waals surface area (Å²) in [6.07, 6.45) is 4.40. The minimum Gasteiger partial charge on any atom is -0.368 e. The van der Waals surface area contributed by atoms with Gasteiger partial charge < -0.3 is 9.80 Å². The lowest BCUT2D eigenvalue weighted by Crippen LogP contribution is -2.44. The van der Waals surface area contributed by atoms with Gasteiger partial charge in [0.2, 0.25) is 0 Å². The van der Waals surface area contributed by atoms with Gasteiger partial charge in [0, 0.05) is 37.9 Å². The van der Waals surface area contributed by atoms with Gasteiger partial charge in [-0.05, 0) is 67.1 Å². The lowest BCUT2D eigenvalue weighted by molar-refractivity contribution is 0.212. The molecule has 0 aromatic heterocycles. The maximum atomic E-state index is 13.0. The zero-order chi connectivity index (χ0) is 17.9. The molecule has 2 aliphatic heterocycles. The molecule has 1 saturated heterocycles. The molecule has 0 unspecified atom stereocenters. The first-order valence-electron chi connectivity index (χ1n) is 9.49. The Morgan fingerprint density at radius 2 is 1.81 bits per heavy atom. The van der Waals surface area contributed by atoms with Crippen molar-refractivity contribution in [3.05, 3.63) is 65.0 Å². The minimum atomic E-state index is -0.164. The van der Waals surface area contributed by atoms with Crippen molar-refractivity contribution in [3.8, 4) is 6.07 Å². The Labute approximate surface area is 154 Å². The molecule has 4 heteroatoms. The molecule has 2 aliphatic rings. The molecule has 0 saturated carbocycles. The highest BCUT2D eigenvalue weighted by Gasteiger charge is 2.29. The third-order valence-corrected chi connectivity index (χ3v) is 5.77. The predicted octanol–water partition coefficient (Wildman–Crippen LogP) is 3.77. The summed E-state index contributed by atoms with van der Waals surface area (Å²) in [5.41, 5.74) is 4.62.